The third-order valence-corrected chi connectivity index (χ3v) is 6.18. The molecule has 5 rings (SSSR count). The van der Waals surface area contributed by atoms with Crippen LogP contribution >= 0.6 is 11.8 Å². The molecule has 1 amide bonds. The van der Waals surface area contributed by atoms with Crippen LogP contribution < -0.4 is 4.74 Å². The van der Waals surface area contributed by atoms with Crippen LogP contribution in [0.4, 0.5) is 0 Å². The maximum absolute atomic E-state index is 12.8. The number of ether oxygens (including phenoxy) is 1. The predicted octanol–water partition coefficient (Wildman–Crippen LogP) is 4.85. The first-order valence-corrected chi connectivity index (χ1v) is 11.3. The second kappa shape index (κ2) is 8.55. The Balaban J connectivity index is 1.46. The summed E-state index contributed by atoms with van der Waals surface area (Å²) in [6.45, 7) is 4.57. The lowest BCUT2D eigenvalue weighted by Gasteiger charge is -2.20. The van der Waals surface area contributed by atoms with E-state index in [9.17, 15) is 4.79 Å². The second-order valence-corrected chi connectivity index (χ2v) is 8.48. The Morgan fingerprint density at radius 1 is 1.12 bits per heavy atom. The van der Waals surface area contributed by atoms with Gasteiger partial charge in [0.2, 0.25) is 5.17 Å². The number of aliphatic imine (C=N–C) groups is 1. The third-order valence-electron chi connectivity index (χ3n) is 5.22. The fourth-order valence-electron chi connectivity index (χ4n) is 3.65. The van der Waals surface area contributed by atoms with Crippen LogP contribution in [-0.4, -0.2) is 38.1 Å². The Morgan fingerprint density at radius 3 is 2.70 bits per heavy atom. The lowest BCUT2D eigenvalue weighted by molar-refractivity contribution is -0.114. The van der Waals surface area contributed by atoms with Crippen LogP contribution in [0.15, 0.2) is 82.5 Å². The molecule has 7 nitrogen and oxygen atoms in total. The lowest BCUT2D eigenvalue weighted by Crippen LogP contribution is -2.35. The predicted molar refractivity (Wildman–Crippen MR) is 132 cm³/mol. The van der Waals surface area contributed by atoms with E-state index in [1.165, 1.54) is 16.8 Å². The number of aromatic nitrogens is 1. The highest BCUT2D eigenvalue weighted by atomic mass is 32.2. The molecule has 8 heteroatoms. The molecule has 0 saturated carbocycles. The van der Waals surface area contributed by atoms with E-state index in [1.807, 2.05) is 85.3 Å². The van der Waals surface area contributed by atoms with Gasteiger partial charge in [0, 0.05) is 23.1 Å². The van der Waals surface area contributed by atoms with Crippen molar-refractivity contribution in [3.8, 4) is 11.4 Å². The zero-order valence-electron chi connectivity index (χ0n) is 18.1. The zero-order chi connectivity index (χ0) is 22.9. The molecule has 0 radical (unpaired) electrons. The van der Waals surface area contributed by atoms with E-state index in [2.05, 4.69) is 10.1 Å². The van der Waals surface area contributed by atoms with Gasteiger partial charge in [0.05, 0.1) is 12.2 Å². The molecule has 0 bridgehead atoms. The summed E-state index contributed by atoms with van der Waals surface area (Å²) in [5.41, 5.74) is 3.93. The van der Waals surface area contributed by atoms with Gasteiger partial charge in [-0.05, 0) is 74.1 Å². The first-order chi connectivity index (χ1) is 16.0. The summed E-state index contributed by atoms with van der Waals surface area (Å²) in [4.78, 5) is 17.0. The molecule has 2 aromatic carbocycles. The summed E-state index contributed by atoms with van der Waals surface area (Å²) in [6, 6.07) is 19.5. The largest absolute Gasteiger partial charge is 0.494 e. The van der Waals surface area contributed by atoms with Gasteiger partial charge in [-0.25, -0.2) is 0 Å². The Hall–Kier alpha value is -3.91. The number of carbonyl (C=O) groups is 1. The molecule has 3 heterocycles. The minimum atomic E-state index is -0.445. The molecule has 1 N–H and O–H groups in total. The molecular weight excluding hydrogens is 434 g/mol. The highest BCUT2D eigenvalue weighted by molar-refractivity contribution is 8.27. The number of nitrogens with zero attached hydrogens (tertiary/aromatic N) is 4. The van der Waals surface area contributed by atoms with Gasteiger partial charge in [0.15, 0.2) is 5.84 Å². The fourth-order valence-corrected chi connectivity index (χ4v) is 4.54. The number of fused-ring (bicyclic) bond motifs is 1. The van der Waals surface area contributed by atoms with E-state index >= 15 is 0 Å². The van der Waals surface area contributed by atoms with Gasteiger partial charge in [-0.3, -0.25) is 10.2 Å². The number of carbonyl (C=O) groups excluding carboxylic acids is 1. The highest BCUT2D eigenvalue weighted by Crippen LogP contribution is 2.31. The number of hydrogen-bond donors (Lipinski definition) is 1. The number of aryl methyl sites for hydroxylation is 1. The van der Waals surface area contributed by atoms with E-state index in [4.69, 9.17) is 10.1 Å². The number of thioether (sulfide) groups is 1. The highest BCUT2D eigenvalue weighted by Gasteiger charge is 2.36. The van der Waals surface area contributed by atoms with Gasteiger partial charge < -0.3 is 9.30 Å². The van der Waals surface area contributed by atoms with E-state index in [0.717, 1.165) is 28.3 Å². The van der Waals surface area contributed by atoms with E-state index in [1.54, 1.807) is 6.08 Å². The van der Waals surface area contributed by atoms with Crippen LogP contribution in [0.25, 0.3) is 11.8 Å². The molecule has 0 unspecified atom stereocenters. The first-order valence-electron chi connectivity index (χ1n) is 10.5. The fraction of sp³-hybridized carbons (Fsp3) is 0.120. The van der Waals surface area contributed by atoms with Crippen LogP contribution in [-0.2, 0) is 4.79 Å². The van der Waals surface area contributed by atoms with Crippen molar-refractivity contribution in [2.24, 2.45) is 10.1 Å². The third kappa shape index (κ3) is 4.01. The number of nitrogens with one attached hydrogen (secondary N) is 1. The van der Waals surface area contributed by atoms with Crippen LogP contribution in [0, 0.1) is 12.3 Å². The molecule has 3 aromatic rings. The normalized spacial score (nSPS) is 16.7. The smallest absolute Gasteiger partial charge is 0.283 e. The summed E-state index contributed by atoms with van der Waals surface area (Å²) in [6.07, 6.45) is 3.60. The van der Waals surface area contributed by atoms with Crippen LogP contribution in [0.5, 0.6) is 5.75 Å². The summed E-state index contributed by atoms with van der Waals surface area (Å²) < 4.78 is 7.46. The van der Waals surface area contributed by atoms with Gasteiger partial charge in [-0.2, -0.15) is 15.1 Å². The molecule has 2 aliphatic rings. The van der Waals surface area contributed by atoms with Gasteiger partial charge in [-0.15, -0.1) is 0 Å². The van der Waals surface area contributed by atoms with Crippen molar-refractivity contribution < 1.29 is 9.53 Å². The van der Waals surface area contributed by atoms with E-state index in [0.29, 0.717) is 16.8 Å². The molecule has 0 spiro atoms. The summed E-state index contributed by atoms with van der Waals surface area (Å²) >= 11 is 1.30. The van der Waals surface area contributed by atoms with Crippen LogP contribution in [0.1, 0.15) is 23.7 Å². The van der Waals surface area contributed by atoms with Crippen LogP contribution in [0.3, 0.4) is 0 Å². The number of hydrazone groups is 1. The topological polar surface area (TPSA) is 83.0 Å². The minimum Gasteiger partial charge on any atom is -0.494 e. The lowest BCUT2D eigenvalue weighted by atomic mass is 10.1. The average molecular weight is 456 g/mol. The van der Waals surface area contributed by atoms with Gasteiger partial charge in [0.1, 0.15) is 10.8 Å². The number of amides is 1. The molecule has 0 saturated heterocycles. The SMILES string of the molecule is CCOc1ccc(-n2cccc2/C=C2\C(=N)N3N=C(c4cccc(C)c4)SC3=NC2=O)cc1. The average Bonchev–Trinajstić information content (AvgIpc) is 3.45. The molecule has 2 aliphatic heterocycles. The van der Waals surface area contributed by atoms with Crippen molar-refractivity contribution >= 4 is 39.8 Å². The molecule has 164 valence electrons. The van der Waals surface area contributed by atoms with E-state index in [-0.39, 0.29) is 11.4 Å². The number of amidine groups is 2. The van der Waals surface area contributed by atoms with Crippen molar-refractivity contribution in [2.75, 3.05) is 6.61 Å². The Labute approximate surface area is 195 Å². The minimum absolute atomic E-state index is 0.0135. The van der Waals surface area contributed by atoms with E-state index < -0.39 is 5.91 Å². The Morgan fingerprint density at radius 2 is 1.94 bits per heavy atom. The maximum Gasteiger partial charge on any atom is 0.283 e. The van der Waals surface area contributed by atoms with Gasteiger partial charge in [0.25, 0.3) is 5.91 Å². The molecule has 33 heavy (non-hydrogen) atoms. The molecule has 0 fully saturated rings. The van der Waals surface area contributed by atoms with Crippen molar-refractivity contribution in [1.82, 2.24) is 9.58 Å². The number of rotatable bonds is 5. The van der Waals surface area contributed by atoms with Gasteiger partial charge >= 0.3 is 0 Å². The quantitative estimate of drug-likeness (QED) is 0.558. The number of benzene rings is 2. The van der Waals surface area contributed by atoms with Crippen molar-refractivity contribution in [1.29, 1.82) is 5.41 Å². The summed E-state index contributed by atoms with van der Waals surface area (Å²) in [5, 5.41) is 15.8. The van der Waals surface area contributed by atoms with Crippen molar-refractivity contribution in [2.45, 2.75) is 13.8 Å². The van der Waals surface area contributed by atoms with Crippen molar-refractivity contribution in [3.05, 3.63) is 89.3 Å². The van der Waals surface area contributed by atoms with Gasteiger partial charge in [-0.1, -0.05) is 23.8 Å². The second-order valence-electron chi connectivity index (χ2n) is 7.52. The summed E-state index contributed by atoms with van der Waals surface area (Å²) in [5.74, 6) is 0.367. The number of hydrogen-bond acceptors (Lipinski definition) is 5. The monoisotopic (exact) mass is 455 g/mol. The summed E-state index contributed by atoms with van der Waals surface area (Å²) in [7, 11) is 0. The Kier molecular flexibility index (Phi) is 5.43. The molecule has 1 aromatic heterocycles. The Bertz CT molecular complexity index is 1350. The standard InChI is InChI=1S/C25H21N5O2S/c1-3-32-20-11-9-18(10-12-20)29-13-5-8-19(29)15-21-22(26)30-25(27-23(21)31)33-24(28-30)17-7-4-6-16(2)14-17/h4-15,26H,3H2,1-2H3/b21-15+,26-22?. The molecular formula is C25H21N5O2S. The molecule has 0 atom stereocenters. The van der Waals surface area contributed by atoms with Crippen molar-refractivity contribution in [3.63, 3.8) is 0 Å². The molecule has 0 aliphatic carbocycles. The zero-order valence-corrected chi connectivity index (χ0v) is 19.0. The maximum atomic E-state index is 12.8. The van der Waals surface area contributed by atoms with Crippen LogP contribution in [0.2, 0.25) is 0 Å². The first kappa shape index (κ1) is 21.0.